The second-order valence-electron chi connectivity index (χ2n) is 3.76. The molecule has 0 amide bonds. The number of aromatic nitrogens is 2. The zero-order valence-electron chi connectivity index (χ0n) is 7.95. The monoisotopic (exact) mass is 232 g/mol. The van der Waals surface area contributed by atoms with Crippen molar-refractivity contribution in [1.29, 1.82) is 0 Å². The first kappa shape index (κ1) is 10.6. The third-order valence-corrected chi connectivity index (χ3v) is 3.43. The van der Waals surface area contributed by atoms with E-state index in [2.05, 4.69) is 9.59 Å². The van der Waals surface area contributed by atoms with Gasteiger partial charge in [-0.15, -0.1) is 5.10 Å². The topological polar surface area (TPSA) is 42.9 Å². The van der Waals surface area contributed by atoms with Crippen LogP contribution in [0.3, 0.4) is 0 Å². The van der Waals surface area contributed by atoms with Crippen molar-refractivity contribution in [3.8, 4) is 0 Å². The summed E-state index contributed by atoms with van der Waals surface area (Å²) in [6.07, 6.45) is 2.10. The Labute approximate surface area is 89.7 Å². The average molecular weight is 232 g/mol. The van der Waals surface area contributed by atoms with E-state index in [1.807, 2.05) is 0 Å². The molecule has 1 fully saturated rings. The summed E-state index contributed by atoms with van der Waals surface area (Å²) >= 11 is 0.959. The van der Waals surface area contributed by atoms with E-state index in [0.717, 1.165) is 11.5 Å². The number of alkyl halides is 2. The van der Waals surface area contributed by atoms with Crippen LogP contribution in [0.4, 0.5) is 8.78 Å². The molecular weight excluding hydrogens is 222 g/mol. The Morgan fingerprint density at radius 2 is 2.47 bits per heavy atom. The maximum Gasteiger partial charge on any atom is 0.251 e. The van der Waals surface area contributed by atoms with Gasteiger partial charge in [-0.3, -0.25) is 4.79 Å². The van der Waals surface area contributed by atoms with Gasteiger partial charge in [0.1, 0.15) is 4.88 Å². The zero-order chi connectivity index (χ0) is 10.9. The number of hydrogen-bond donors (Lipinski definition) is 0. The SMILES string of the molecule is O=C(CC1CCCC1(F)F)c1cnns1. The average Bonchev–Trinajstić information content (AvgIpc) is 2.76. The Morgan fingerprint density at radius 1 is 1.67 bits per heavy atom. The maximum atomic E-state index is 13.2. The van der Waals surface area contributed by atoms with Crippen molar-refractivity contribution in [3.63, 3.8) is 0 Å². The number of Topliss-reactive ketones (excluding diaryl/α,β-unsaturated/α-hetero) is 1. The Bertz CT molecular complexity index is 353. The second kappa shape index (κ2) is 3.92. The summed E-state index contributed by atoms with van der Waals surface area (Å²) in [7, 11) is 0. The maximum absolute atomic E-state index is 13.2. The van der Waals surface area contributed by atoms with E-state index in [9.17, 15) is 13.6 Å². The third kappa shape index (κ3) is 2.19. The number of carbonyl (C=O) groups excluding carboxylic acids is 1. The number of carbonyl (C=O) groups is 1. The molecular formula is C9H10F2N2OS. The van der Waals surface area contributed by atoms with E-state index in [1.165, 1.54) is 6.20 Å². The third-order valence-electron chi connectivity index (χ3n) is 2.73. The van der Waals surface area contributed by atoms with Crippen LogP contribution in [0.5, 0.6) is 0 Å². The molecule has 2 rings (SSSR count). The summed E-state index contributed by atoms with van der Waals surface area (Å²) in [4.78, 5) is 11.9. The first-order chi connectivity index (χ1) is 7.09. The van der Waals surface area contributed by atoms with Crippen molar-refractivity contribution in [2.24, 2.45) is 5.92 Å². The fourth-order valence-electron chi connectivity index (χ4n) is 1.87. The highest BCUT2D eigenvalue weighted by molar-refractivity contribution is 7.07. The molecule has 0 saturated heterocycles. The van der Waals surface area contributed by atoms with Crippen LogP contribution in [0.1, 0.15) is 35.4 Å². The van der Waals surface area contributed by atoms with E-state index in [1.54, 1.807) is 0 Å². The minimum Gasteiger partial charge on any atom is -0.293 e. The van der Waals surface area contributed by atoms with Gasteiger partial charge in [-0.1, -0.05) is 4.49 Å². The summed E-state index contributed by atoms with van der Waals surface area (Å²) in [5.74, 6) is -3.74. The van der Waals surface area contributed by atoms with Gasteiger partial charge >= 0.3 is 0 Å². The molecule has 1 atom stereocenters. The fourth-order valence-corrected chi connectivity index (χ4v) is 2.33. The molecule has 0 bridgehead atoms. The largest absolute Gasteiger partial charge is 0.293 e. The van der Waals surface area contributed by atoms with Gasteiger partial charge in [0.15, 0.2) is 5.78 Å². The fraction of sp³-hybridized carbons (Fsp3) is 0.667. The summed E-state index contributed by atoms with van der Waals surface area (Å²) in [5.41, 5.74) is 0. The Hall–Kier alpha value is -0.910. The molecule has 1 aromatic rings. The first-order valence-corrected chi connectivity index (χ1v) is 5.55. The predicted molar refractivity (Wildman–Crippen MR) is 51.1 cm³/mol. The van der Waals surface area contributed by atoms with Gasteiger partial charge in [0.2, 0.25) is 0 Å². The molecule has 1 saturated carbocycles. The van der Waals surface area contributed by atoms with Crippen LogP contribution in [-0.2, 0) is 0 Å². The second-order valence-corrected chi connectivity index (χ2v) is 4.54. The minimum atomic E-state index is -2.67. The van der Waals surface area contributed by atoms with Gasteiger partial charge in [-0.05, 0) is 24.4 Å². The standard InChI is InChI=1S/C9H10F2N2OS/c10-9(11)3-1-2-6(9)4-7(14)8-5-12-13-15-8/h5-6H,1-4H2. The van der Waals surface area contributed by atoms with Crippen LogP contribution in [0.25, 0.3) is 0 Å². The number of hydrogen-bond acceptors (Lipinski definition) is 4. The molecule has 0 spiro atoms. The number of halogens is 2. The van der Waals surface area contributed by atoms with Crippen LogP contribution in [0.2, 0.25) is 0 Å². The molecule has 0 aromatic carbocycles. The number of rotatable bonds is 3. The predicted octanol–water partition coefficient (Wildman–Crippen LogP) is 2.55. The zero-order valence-corrected chi connectivity index (χ0v) is 8.77. The Kier molecular flexibility index (Phi) is 2.77. The minimum absolute atomic E-state index is 0.0864. The lowest BCUT2D eigenvalue weighted by molar-refractivity contribution is -0.0370. The van der Waals surface area contributed by atoms with E-state index < -0.39 is 11.8 Å². The highest BCUT2D eigenvalue weighted by Gasteiger charge is 2.44. The number of nitrogens with zero attached hydrogens (tertiary/aromatic N) is 2. The Morgan fingerprint density at radius 3 is 3.00 bits per heavy atom. The molecule has 82 valence electrons. The lowest BCUT2D eigenvalue weighted by Gasteiger charge is -2.17. The normalized spacial score (nSPS) is 24.3. The quantitative estimate of drug-likeness (QED) is 0.752. The molecule has 1 aromatic heterocycles. The van der Waals surface area contributed by atoms with Crippen molar-refractivity contribution >= 4 is 17.3 Å². The molecule has 0 N–H and O–H groups in total. The summed E-state index contributed by atoms with van der Waals surface area (Å²) in [6, 6.07) is 0. The summed E-state index contributed by atoms with van der Waals surface area (Å²) in [5, 5.41) is 3.51. The molecule has 3 nitrogen and oxygen atoms in total. The van der Waals surface area contributed by atoms with Crippen molar-refractivity contribution in [1.82, 2.24) is 9.59 Å². The Balaban J connectivity index is 2.01. The molecule has 1 aliphatic rings. The van der Waals surface area contributed by atoms with Gasteiger partial charge < -0.3 is 0 Å². The first-order valence-electron chi connectivity index (χ1n) is 4.78. The van der Waals surface area contributed by atoms with Crippen LogP contribution >= 0.6 is 11.5 Å². The van der Waals surface area contributed by atoms with Crippen LogP contribution < -0.4 is 0 Å². The highest BCUT2D eigenvalue weighted by atomic mass is 32.1. The lowest BCUT2D eigenvalue weighted by atomic mass is 9.98. The lowest BCUT2D eigenvalue weighted by Crippen LogP contribution is -2.24. The molecule has 0 aliphatic heterocycles. The van der Waals surface area contributed by atoms with Crippen molar-refractivity contribution in [2.45, 2.75) is 31.6 Å². The van der Waals surface area contributed by atoms with Crippen molar-refractivity contribution < 1.29 is 13.6 Å². The number of ketones is 1. The molecule has 0 radical (unpaired) electrons. The molecule has 1 aliphatic carbocycles. The van der Waals surface area contributed by atoms with Crippen LogP contribution in [0.15, 0.2) is 6.20 Å². The van der Waals surface area contributed by atoms with E-state index >= 15 is 0 Å². The van der Waals surface area contributed by atoms with E-state index in [0.29, 0.717) is 17.7 Å². The van der Waals surface area contributed by atoms with Gasteiger partial charge in [0, 0.05) is 18.8 Å². The summed E-state index contributed by atoms with van der Waals surface area (Å²) < 4.78 is 30.0. The van der Waals surface area contributed by atoms with Crippen LogP contribution in [0, 0.1) is 5.92 Å². The van der Waals surface area contributed by atoms with E-state index in [-0.39, 0.29) is 18.6 Å². The van der Waals surface area contributed by atoms with Gasteiger partial charge in [-0.2, -0.15) is 0 Å². The smallest absolute Gasteiger partial charge is 0.251 e. The van der Waals surface area contributed by atoms with Gasteiger partial charge in [-0.25, -0.2) is 8.78 Å². The molecule has 15 heavy (non-hydrogen) atoms. The summed E-state index contributed by atoms with van der Waals surface area (Å²) in [6.45, 7) is 0. The van der Waals surface area contributed by atoms with Crippen molar-refractivity contribution in [3.05, 3.63) is 11.1 Å². The van der Waals surface area contributed by atoms with Crippen LogP contribution in [-0.4, -0.2) is 21.3 Å². The molecule has 1 unspecified atom stereocenters. The van der Waals surface area contributed by atoms with Gasteiger partial charge in [0.05, 0.1) is 6.20 Å². The molecule has 6 heteroatoms. The van der Waals surface area contributed by atoms with Crippen molar-refractivity contribution in [2.75, 3.05) is 0 Å². The highest BCUT2D eigenvalue weighted by Crippen LogP contribution is 2.42. The molecule has 1 heterocycles. The van der Waals surface area contributed by atoms with E-state index in [4.69, 9.17) is 0 Å². The van der Waals surface area contributed by atoms with Gasteiger partial charge in [0.25, 0.3) is 5.92 Å².